The van der Waals surface area contributed by atoms with Gasteiger partial charge in [-0.15, -0.1) is 0 Å². The lowest BCUT2D eigenvalue weighted by molar-refractivity contribution is -0.122. The molecule has 2 aromatic rings. The van der Waals surface area contributed by atoms with E-state index in [2.05, 4.69) is 5.32 Å². The summed E-state index contributed by atoms with van der Waals surface area (Å²) in [4.78, 5) is 38.1. The number of aryl methyl sites for hydroxylation is 1. The van der Waals surface area contributed by atoms with Gasteiger partial charge in [0.15, 0.2) is 0 Å². The van der Waals surface area contributed by atoms with Gasteiger partial charge in [0.1, 0.15) is 11.3 Å². The third-order valence-corrected chi connectivity index (χ3v) is 3.96. The maximum Gasteiger partial charge on any atom is 0.335 e. The van der Waals surface area contributed by atoms with E-state index in [-0.39, 0.29) is 11.7 Å². The van der Waals surface area contributed by atoms with Crippen LogP contribution in [0, 0.1) is 6.92 Å². The number of amides is 4. The van der Waals surface area contributed by atoms with Crippen molar-refractivity contribution < 1.29 is 19.1 Å². The molecule has 138 valence electrons. The Morgan fingerprint density at radius 2 is 1.59 bits per heavy atom. The lowest BCUT2D eigenvalue weighted by atomic mass is 10.1. The molecule has 1 N–H and O–H groups in total. The van der Waals surface area contributed by atoms with Crippen molar-refractivity contribution in [1.82, 2.24) is 5.32 Å². The minimum Gasteiger partial charge on any atom is -0.491 e. The van der Waals surface area contributed by atoms with Gasteiger partial charge in [-0.1, -0.05) is 29.8 Å². The third kappa shape index (κ3) is 4.06. The second kappa shape index (κ2) is 7.45. The average molecular weight is 364 g/mol. The van der Waals surface area contributed by atoms with Crippen LogP contribution in [0.25, 0.3) is 6.08 Å². The van der Waals surface area contributed by atoms with Crippen molar-refractivity contribution >= 4 is 29.6 Å². The highest BCUT2D eigenvalue weighted by atomic mass is 16.5. The SMILES string of the molecule is Cc1ccc(N2C(=O)NC(=O)C(=Cc3ccc(OC(C)C)cc3)C2=O)cc1. The topological polar surface area (TPSA) is 75.7 Å². The zero-order valence-electron chi connectivity index (χ0n) is 15.4. The number of hydrogen-bond acceptors (Lipinski definition) is 4. The van der Waals surface area contributed by atoms with Gasteiger partial charge in [-0.2, -0.15) is 0 Å². The van der Waals surface area contributed by atoms with Crippen molar-refractivity contribution in [1.29, 1.82) is 0 Å². The first kappa shape index (κ1) is 18.4. The lowest BCUT2D eigenvalue weighted by Gasteiger charge is -2.26. The van der Waals surface area contributed by atoms with Crippen LogP contribution in [0.5, 0.6) is 5.75 Å². The Balaban J connectivity index is 1.90. The predicted octanol–water partition coefficient (Wildman–Crippen LogP) is 3.45. The number of rotatable bonds is 4. The molecule has 2 aromatic carbocycles. The van der Waals surface area contributed by atoms with Gasteiger partial charge in [-0.25, -0.2) is 9.69 Å². The Labute approximate surface area is 157 Å². The van der Waals surface area contributed by atoms with Crippen LogP contribution in [-0.2, 0) is 9.59 Å². The van der Waals surface area contributed by atoms with E-state index in [0.29, 0.717) is 17.0 Å². The standard InChI is InChI=1S/C21H20N2O4/c1-13(2)27-17-10-6-15(7-11-17)12-18-19(24)22-21(26)23(20(18)25)16-8-4-14(3)5-9-16/h4-13H,1-3H3,(H,22,24,26). The monoisotopic (exact) mass is 364 g/mol. The molecule has 0 bridgehead atoms. The summed E-state index contributed by atoms with van der Waals surface area (Å²) in [5, 5.41) is 2.21. The molecular weight excluding hydrogens is 344 g/mol. The van der Waals surface area contributed by atoms with E-state index in [4.69, 9.17) is 4.74 Å². The number of carbonyl (C=O) groups is 3. The van der Waals surface area contributed by atoms with Gasteiger partial charge in [0.25, 0.3) is 11.8 Å². The zero-order valence-corrected chi connectivity index (χ0v) is 15.4. The van der Waals surface area contributed by atoms with Crippen molar-refractivity contribution in [3.05, 3.63) is 65.2 Å². The van der Waals surface area contributed by atoms with Gasteiger partial charge >= 0.3 is 6.03 Å². The molecule has 4 amide bonds. The second-order valence-electron chi connectivity index (χ2n) is 6.53. The number of benzene rings is 2. The highest BCUT2D eigenvalue weighted by Crippen LogP contribution is 2.23. The first-order chi connectivity index (χ1) is 12.8. The molecule has 1 saturated heterocycles. The summed E-state index contributed by atoms with van der Waals surface area (Å²) in [6.07, 6.45) is 1.51. The molecule has 0 unspecified atom stereocenters. The van der Waals surface area contributed by atoms with Crippen LogP contribution in [0.15, 0.2) is 54.1 Å². The molecule has 6 nitrogen and oxygen atoms in total. The van der Waals surface area contributed by atoms with E-state index in [1.165, 1.54) is 6.08 Å². The van der Waals surface area contributed by atoms with Crippen molar-refractivity contribution in [3.63, 3.8) is 0 Å². The van der Waals surface area contributed by atoms with Crippen LogP contribution in [0.1, 0.15) is 25.0 Å². The number of carbonyl (C=O) groups excluding carboxylic acids is 3. The van der Waals surface area contributed by atoms with Gasteiger partial charge in [0.2, 0.25) is 0 Å². The summed E-state index contributed by atoms with van der Waals surface area (Å²) in [6.45, 7) is 5.76. The van der Waals surface area contributed by atoms with Gasteiger partial charge in [0, 0.05) is 0 Å². The van der Waals surface area contributed by atoms with E-state index < -0.39 is 17.8 Å². The summed E-state index contributed by atoms with van der Waals surface area (Å²) >= 11 is 0. The van der Waals surface area contributed by atoms with Crippen molar-refractivity contribution in [2.45, 2.75) is 26.9 Å². The van der Waals surface area contributed by atoms with Crippen LogP contribution in [0.4, 0.5) is 10.5 Å². The van der Waals surface area contributed by atoms with Crippen LogP contribution in [0.3, 0.4) is 0 Å². The summed E-state index contributed by atoms with van der Waals surface area (Å²) < 4.78 is 5.58. The van der Waals surface area contributed by atoms with Crippen molar-refractivity contribution in [2.75, 3.05) is 4.90 Å². The third-order valence-electron chi connectivity index (χ3n) is 3.96. The molecular formula is C21H20N2O4. The molecule has 0 radical (unpaired) electrons. The fourth-order valence-electron chi connectivity index (χ4n) is 2.67. The lowest BCUT2D eigenvalue weighted by Crippen LogP contribution is -2.54. The minimum atomic E-state index is -0.758. The molecule has 6 heteroatoms. The first-order valence-corrected chi connectivity index (χ1v) is 8.60. The Morgan fingerprint density at radius 3 is 2.19 bits per heavy atom. The molecule has 0 aromatic heterocycles. The molecule has 3 rings (SSSR count). The number of barbiturate groups is 1. The van der Waals surface area contributed by atoms with Gasteiger partial charge < -0.3 is 4.74 Å². The number of anilines is 1. The fourth-order valence-corrected chi connectivity index (χ4v) is 2.67. The average Bonchev–Trinajstić information content (AvgIpc) is 2.61. The van der Waals surface area contributed by atoms with Crippen molar-refractivity contribution in [2.24, 2.45) is 0 Å². The Kier molecular flexibility index (Phi) is 5.07. The number of nitrogens with zero attached hydrogens (tertiary/aromatic N) is 1. The fraction of sp³-hybridized carbons (Fsp3) is 0.190. The smallest absolute Gasteiger partial charge is 0.335 e. The van der Waals surface area contributed by atoms with Crippen LogP contribution < -0.4 is 15.0 Å². The van der Waals surface area contributed by atoms with Gasteiger partial charge in [-0.3, -0.25) is 14.9 Å². The molecule has 0 aliphatic carbocycles. The predicted molar refractivity (Wildman–Crippen MR) is 102 cm³/mol. The molecule has 1 aliphatic heterocycles. The molecule has 0 atom stereocenters. The highest BCUT2D eigenvalue weighted by Gasteiger charge is 2.36. The Hall–Kier alpha value is -3.41. The van der Waals surface area contributed by atoms with Gasteiger partial charge in [-0.05, 0) is 56.7 Å². The summed E-state index contributed by atoms with van der Waals surface area (Å²) in [5.41, 5.74) is 1.96. The normalized spacial score (nSPS) is 16.1. The maximum atomic E-state index is 12.8. The first-order valence-electron chi connectivity index (χ1n) is 8.60. The number of imide groups is 2. The minimum absolute atomic E-state index is 0.0500. The molecule has 0 saturated carbocycles. The van der Waals surface area contributed by atoms with Crippen LogP contribution >= 0.6 is 0 Å². The largest absolute Gasteiger partial charge is 0.491 e. The highest BCUT2D eigenvalue weighted by molar-refractivity contribution is 6.39. The summed E-state index contributed by atoms with van der Waals surface area (Å²) in [6, 6.07) is 13.2. The molecule has 1 heterocycles. The number of urea groups is 1. The summed E-state index contributed by atoms with van der Waals surface area (Å²) in [7, 11) is 0. The van der Waals surface area contributed by atoms with E-state index in [9.17, 15) is 14.4 Å². The van der Waals surface area contributed by atoms with E-state index >= 15 is 0 Å². The van der Waals surface area contributed by atoms with Crippen LogP contribution in [-0.4, -0.2) is 23.9 Å². The number of hydrogen-bond donors (Lipinski definition) is 1. The van der Waals surface area contributed by atoms with E-state index in [1.54, 1.807) is 48.5 Å². The zero-order chi connectivity index (χ0) is 19.6. The molecule has 1 fully saturated rings. The summed E-state index contributed by atoms with van der Waals surface area (Å²) in [5.74, 6) is -0.672. The number of ether oxygens (including phenoxy) is 1. The Morgan fingerprint density at radius 1 is 0.963 bits per heavy atom. The molecule has 1 aliphatic rings. The molecule has 27 heavy (non-hydrogen) atoms. The van der Waals surface area contributed by atoms with Crippen LogP contribution in [0.2, 0.25) is 0 Å². The van der Waals surface area contributed by atoms with Gasteiger partial charge in [0.05, 0.1) is 11.8 Å². The van der Waals surface area contributed by atoms with Crippen molar-refractivity contribution in [3.8, 4) is 5.75 Å². The Bertz CT molecular complexity index is 912. The molecule has 0 spiro atoms. The maximum absolute atomic E-state index is 12.8. The second-order valence-corrected chi connectivity index (χ2v) is 6.53. The quantitative estimate of drug-likeness (QED) is 0.666. The number of nitrogens with one attached hydrogen (secondary N) is 1. The van der Waals surface area contributed by atoms with E-state index in [1.807, 2.05) is 20.8 Å². The van der Waals surface area contributed by atoms with E-state index in [0.717, 1.165) is 10.5 Å².